The number of rotatable bonds is 10. The van der Waals surface area contributed by atoms with E-state index in [0.29, 0.717) is 14.5 Å². The van der Waals surface area contributed by atoms with Gasteiger partial charge >= 0.3 is 0 Å². The first-order valence-electron chi connectivity index (χ1n) is 10.5. The van der Waals surface area contributed by atoms with Crippen LogP contribution in [0.1, 0.15) is 34.1 Å². The molecular weight excluding hydrogens is 426 g/mol. The molecule has 0 spiro atoms. The van der Waals surface area contributed by atoms with Gasteiger partial charge in [-0.3, -0.25) is 0 Å². The fourth-order valence-corrected chi connectivity index (χ4v) is 4.30. The molecule has 0 bridgehead atoms. The van der Waals surface area contributed by atoms with Crippen LogP contribution in [-0.4, -0.2) is 24.2 Å². The van der Waals surface area contributed by atoms with E-state index in [4.69, 9.17) is 18.5 Å². The summed E-state index contributed by atoms with van der Waals surface area (Å²) in [6.45, 7) is 8.42. The summed E-state index contributed by atoms with van der Waals surface area (Å²) in [5.41, 5.74) is 2.55. The van der Waals surface area contributed by atoms with Gasteiger partial charge in [0.05, 0.1) is 14.9 Å². The van der Waals surface area contributed by atoms with Crippen LogP contribution in [0, 0.1) is 0 Å². The van der Waals surface area contributed by atoms with Crippen LogP contribution in [0.15, 0.2) is 72.5 Å². The second kappa shape index (κ2) is 11.1. The average molecular weight is 458 g/mol. The molecule has 166 valence electrons. The van der Waals surface area contributed by atoms with Crippen LogP contribution in [0.5, 0.6) is 11.5 Å². The molecule has 0 heterocycles. The maximum absolute atomic E-state index is 6.29. The van der Waals surface area contributed by atoms with Crippen LogP contribution >= 0.6 is 17.6 Å². The van der Waals surface area contributed by atoms with Crippen molar-refractivity contribution in [3.05, 3.63) is 72.5 Å². The zero-order chi connectivity index (χ0) is 22.3. The lowest BCUT2D eigenvalue weighted by molar-refractivity contribution is 0.106. The van der Waals surface area contributed by atoms with E-state index in [0.717, 1.165) is 34.8 Å². The molecule has 1 aliphatic carbocycles. The minimum absolute atomic E-state index is 0.123. The Morgan fingerprint density at radius 3 is 2.10 bits per heavy atom. The van der Waals surface area contributed by atoms with Gasteiger partial charge in [-0.2, -0.15) is 0 Å². The summed E-state index contributed by atoms with van der Waals surface area (Å²) < 4.78 is 24.0. The Morgan fingerprint density at radius 2 is 1.55 bits per heavy atom. The van der Waals surface area contributed by atoms with Crippen LogP contribution in [-0.2, 0) is 9.47 Å². The summed E-state index contributed by atoms with van der Waals surface area (Å²) in [6.07, 6.45) is 7.01. The molecule has 1 aliphatic rings. The molecule has 2 aromatic rings. The van der Waals surface area contributed by atoms with Gasteiger partial charge in [-0.05, 0) is 44.6 Å². The first-order chi connectivity index (χ1) is 14.9. The van der Waals surface area contributed by atoms with Gasteiger partial charge < -0.3 is 18.5 Å². The molecule has 0 aliphatic heterocycles. The van der Waals surface area contributed by atoms with E-state index >= 15 is 0 Å². The molecule has 6 heteroatoms. The number of ether oxygens (including phenoxy) is 2. The van der Waals surface area contributed by atoms with Crippen molar-refractivity contribution in [3.63, 3.8) is 0 Å². The van der Waals surface area contributed by atoms with E-state index in [9.17, 15) is 0 Å². The molecule has 3 rings (SSSR count). The van der Waals surface area contributed by atoms with Gasteiger partial charge in [-0.15, -0.1) is 0 Å². The lowest BCUT2D eigenvalue weighted by Gasteiger charge is -2.28. The first-order valence-corrected chi connectivity index (χ1v) is 12.4. The molecule has 0 saturated carbocycles. The van der Waals surface area contributed by atoms with Crippen molar-refractivity contribution in [3.8, 4) is 22.6 Å². The average Bonchev–Trinajstić information content (AvgIpc) is 2.77. The minimum atomic E-state index is -0.460. The molecular formula is C25H32O4P2. The fraction of sp³-hybridized carbons (Fsp3) is 0.360. The van der Waals surface area contributed by atoms with Crippen LogP contribution in [0.25, 0.3) is 11.1 Å². The maximum Gasteiger partial charge on any atom is 0.155 e. The minimum Gasteiger partial charge on any atom is -0.481 e. The van der Waals surface area contributed by atoms with Crippen molar-refractivity contribution in [2.24, 2.45) is 0 Å². The van der Waals surface area contributed by atoms with E-state index in [1.165, 1.54) is 0 Å². The predicted molar refractivity (Wildman–Crippen MR) is 133 cm³/mol. The first kappa shape index (κ1) is 23.8. The molecule has 0 saturated heterocycles. The third-order valence-electron chi connectivity index (χ3n) is 4.58. The Kier molecular flexibility index (Phi) is 8.55. The molecule has 3 atom stereocenters. The molecule has 3 unspecified atom stereocenters. The Hall–Kier alpha value is -1.86. The van der Waals surface area contributed by atoms with Gasteiger partial charge in [-0.25, -0.2) is 0 Å². The molecule has 4 nitrogen and oxygen atoms in total. The highest BCUT2D eigenvalue weighted by molar-refractivity contribution is 7.34. The van der Waals surface area contributed by atoms with Gasteiger partial charge in [0.2, 0.25) is 0 Å². The number of hydrogen-bond acceptors (Lipinski definition) is 4. The number of para-hydroxylation sites is 2. The van der Waals surface area contributed by atoms with Crippen LogP contribution in [0.3, 0.4) is 0 Å². The molecule has 0 radical (unpaired) electrons. The molecule has 0 amide bonds. The van der Waals surface area contributed by atoms with Crippen molar-refractivity contribution >= 4 is 17.6 Å². The maximum atomic E-state index is 6.29. The lowest BCUT2D eigenvalue weighted by atomic mass is 10.0. The van der Waals surface area contributed by atoms with Crippen molar-refractivity contribution in [2.45, 2.75) is 51.2 Å². The molecule has 0 N–H and O–H groups in total. The standard InChI is InChI=1S/C25H32O4P2/c1-18(2)30-28-23-12-8-6-10-21(23)22-11-7-9-13-24(22)29-31-25(3,4)27-20-16-14-19(26-5)15-17-20/h6-14,16-19,30-31H,15H2,1-5H3. The third kappa shape index (κ3) is 7.07. The quantitative estimate of drug-likeness (QED) is 0.350. The number of benzene rings is 2. The van der Waals surface area contributed by atoms with Crippen molar-refractivity contribution in [2.75, 3.05) is 7.11 Å². The van der Waals surface area contributed by atoms with Crippen molar-refractivity contribution in [1.29, 1.82) is 0 Å². The highest BCUT2D eigenvalue weighted by Gasteiger charge is 2.24. The fourth-order valence-electron chi connectivity index (χ4n) is 3.06. The van der Waals surface area contributed by atoms with Gasteiger partial charge in [0, 0.05) is 23.9 Å². The zero-order valence-electron chi connectivity index (χ0n) is 18.8. The highest BCUT2D eigenvalue weighted by Crippen LogP contribution is 2.43. The van der Waals surface area contributed by atoms with Crippen LogP contribution in [0.4, 0.5) is 0 Å². The summed E-state index contributed by atoms with van der Waals surface area (Å²) in [7, 11) is 2.26. The lowest BCUT2D eigenvalue weighted by Crippen LogP contribution is -2.20. The molecule has 2 aromatic carbocycles. The Morgan fingerprint density at radius 1 is 0.935 bits per heavy atom. The Labute approximate surface area is 189 Å². The second-order valence-corrected chi connectivity index (χ2v) is 11.4. The normalized spacial score (nSPS) is 17.0. The molecule has 0 aromatic heterocycles. The predicted octanol–water partition coefficient (Wildman–Crippen LogP) is 7.32. The second-order valence-electron chi connectivity index (χ2n) is 8.16. The molecule has 31 heavy (non-hydrogen) atoms. The monoisotopic (exact) mass is 458 g/mol. The van der Waals surface area contributed by atoms with Crippen LogP contribution < -0.4 is 9.05 Å². The summed E-state index contributed by atoms with van der Waals surface area (Å²) in [4.78, 5) is 0. The molecule has 0 fully saturated rings. The van der Waals surface area contributed by atoms with Gasteiger partial charge in [0.25, 0.3) is 0 Å². The smallest absolute Gasteiger partial charge is 0.155 e. The van der Waals surface area contributed by atoms with Crippen molar-refractivity contribution in [1.82, 2.24) is 0 Å². The topological polar surface area (TPSA) is 36.9 Å². The Bertz CT molecular complexity index is 921. The summed E-state index contributed by atoms with van der Waals surface area (Å²) in [6, 6.07) is 16.2. The van der Waals surface area contributed by atoms with E-state index < -0.39 is 5.34 Å². The Balaban J connectivity index is 1.72. The highest BCUT2D eigenvalue weighted by atomic mass is 31.1. The number of allylic oxidation sites excluding steroid dienone is 1. The van der Waals surface area contributed by atoms with E-state index in [2.05, 4.69) is 32.1 Å². The SMILES string of the molecule is COC1C=CC(OC(C)(C)POc2ccccc2-c2ccccc2OPC(C)C)=CC1. The van der Waals surface area contributed by atoms with Gasteiger partial charge in [0.1, 0.15) is 26.1 Å². The van der Waals surface area contributed by atoms with Gasteiger partial charge in [-0.1, -0.05) is 56.3 Å². The summed E-state index contributed by atoms with van der Waals surface area (Å²) in [5.74, 6) is 2.57. The summed E-state index contributed by atoms with van der Waals surface area (Å²) in [5, 5.41) is -0.460. The largest absolute Gasteiger partial charge is 0.481 e. The zero-order valence-corrected chi connectivity index (χ0v) is 20.8. The number of methoxy groups -OCH3 is 1. The van der Waals surface area contributed by atoms with Crippen LogP contribution in [0.2, 0.25) is 0 Å². The van der Waals surface area contributed by atoms with E-state index in [1.54, 1.807) is 7.11 Å². The van der Waals surface area contributed by atoms with Crippen molar-refractivity contribution < 1.29 is 18.5 Å². The third-order valence-corrected chi connectivity index (χ3v) is 6.30. The van der Waals surface area contributed by atoms with E-state index in [1.807, 2.05) is 62.4 Å². The van der Waals surface area contributed by atoms with Gasteiger partial charge in [0.15, 0.2) is 5.34 Å². The van der Waals surface area contributed by atoms with E-state index in [-0.39, 0.29) is 14.9 Å². The summed E-state index contributed by atoms with van der Waals surface area (Å²) >= 11 is 0. The number of hydrogen-bond donors (Lipinski definition) is 0.